The van der Waals surface area contributed by atoms with Crippen LogP contribution >= 0.6 is 0 Å². The van der Waals surface area contributed by atoms with E-state index in [1.54, 1.807) is 18.7 Å². The number of hydrogen-bond donors (Lipinski definition) is 1. The average Bonchev–Trinajstić information content (AvgIpc) is 2.71. The van der Waals surface area contributed by atoms with E-state index in [1.807, 2.05) is 38.1 Å². The Morgan fingerprint density at radius 2 is 1.48 bits per heavy atom. The predicted molar refractivity (Wildman–Crippen MR) is 116 cm³/mol. The molecule has 2 aromatic rings. The summed E-state index contributed by atoms with van der Waals surface area (Å²) < 4.78 is 28.3. The van der Waals surface area contributed by atoms with Crippen LogP contribution in [0.5, 0.6) is 0 Å². The zero-order chi connectivity index (χ0) is 21.2. The van der Waals surface area contributed by atoms with Gasteiger partial charge in [0.2, 0.25) is 15.9 Å². The maximum atomic E-state index is 12.9. The van der Waals surface area contributed by atoms with Gasteiger partial charge in [0.05, 0.1) is 11.4 Å². The highest BCUT2D eigenvalue weighted by Gasteiger charge is 2.25. The molecule has 0 unspecified atom stereocenters. The summed E-state index contributed by atoms with van der Waals surface area (Å²) >= 11 is 0. The molecule has 1 aliphatic rings. The summed E-state index contributed by atoms with van der Waals surface area (Å²) in [5.74, 6) is -0.194. The number of nitrogens with one attached hydrogen (secondary N) is 1. The van der Waals surface area contributed by atoms with Gasteiger partial charge in [0.25, 0.3) is 0 Å². The Morgan fingerprint density at radius 1 is 0.931 bits per heavy atom. The van der Waals surface area contributed by atoms with Gasteiger partial charge in [0.15, 0.2) is 0 Å². The van der Waals surface area contributed by atoms with Crippen LogP contribution in [-0.2, 0) is 14.8 Å². The molecule has 1 amide bonds. The molecule has 0 aromatic heterocycles. The number of carbonyl (C=O) groups excluding carboxylic acids is 1. The van der Waals surface area contributed by atoms with Crippen LogP contribution in [0.25, 0.3) is 0 Å². The number of sulfonamides is 1. The standard InChI is InChI=1S/C22H29N3O3S/c1-16-14-17(2)19(4)22(18(16)3)29(27,28)23-15-21(26)25-12-10-24(11-13-25)20-8-6-5-7-9-20/h5-9,14,23H,10-13,15H2,1-4H3. The summed E-state index contributed by atoms with van der Waals surface area (Å²) in [5, 5.41) is 0. The summed E-state index contributed by atoms with van der Waals surface area (Å²) in [6.07, 6.45) is 0. The molecule has 1 fully saturated rings. The van der Waals surface area contributed by atoms with Crippen molar-refractivity contribution in [3.63, 3.8) is 0 Å². The summed E-state index contributed by atoms with van der Waals surface area (Å²) in [4.78, 5) is 16.8. The Hall–Kier alpha value is -2.38. The van der Waals surface area contributed by atoms with E-state index in [4.69, 9.17) is 0 Å². The Bertz CT molecular complexity index is 969. The van der Waals surface area contributed by atoms with Crippen LogP contribution in [-0.4, -0.2) is 51.9 Å². The molecule has 1 aliphatic heterocycles. The van der Waals surface area contributed by atoms with Crippen LogP contribution in [0.15, 0.2) is 41.3 Å². The van der Waals surface area contributed by atoms with Crippen LogP contribution in [0.1, 0.15) is 22.3 Å². The minimum atomic E-state index is -3.76. The SMILES string of the molecule is Cc1cc(C)c(C)c(S(=O)(=O)NCC(=O)N2CCN(c3ccccc3)CC2)c1C. The second-order valence-electron chi connectivity index (χ2n) is 7.62. The Kier molecular flexibility index (Phi) is 6.29. The van der Waals surface area contributed by atoms with Gasteiger partial charge in [-0.2, -0.15) is 0 Å². The van der Waals surface area contributed by atoms with Crippen molar-refractivity contribution in [1.82, 2.24) is 9.62 Å². The number of piperazine rings is 1. The van der Waals surface area contributed by atoms with E-state index >= 15 is 0 Å². The highest BCUT2D eigenvalue weighted by atomic mass is 32.2. The molecule has 0 aliphatic carbocycles. The highest BCUT2D eigenvalue weighted by Crippen LogP contribution is 2.25. The van der Waals surface area contributed by atoms with Gasteiger partial charge in [-0.3, -0.25) is 4.79 Å². The van der Waals surface area contributed by atoms with E-state index in [0.717, 1.165) is 41.0 Å². The van der Waals surface area contributed by atoms with E-state index in [1.165, 1.54) is 0 Å². The molecule has 0 radical (unpaired) electrons. The lowest BCUT2D eigenvalue weighted by molar-refractivity contribution is -0.130. The quantitative estimate of drug-likeness (QED) is 0.815. The summed E-state index contributed by atoms with van der Waals surface area (Å²) in [7, 11) is -3.76. The second-order valence-corrected chi connectivity index (χ2v) is 9.32. The van der Waals surface area contributed by atoms with Crippen molar-refractivity contribution >= 4 is 21.6 Å². The normalized spacial score (nSPS) is 14.9. The predicted octanol–water partition coefficient (Wildman–Crippen LogP) is 2.55. The molecule has 1 N–H and O–H groups in total. The number of carbonyl (C=O) groups is 1. The third-order valence-corrected chi connectivity index (χ3v) is 7.41. The second kappa shape index (κ2) is 8.55. The number of hydrogen-bond acceptors (Lipinski definition) is 4. The van der Waals surface area contributed by atoms with Crippen LogP contribution in [0.3, 0.4) is 0 Å². The lowest BCUT2D eigenvalue weighted by atomic mass is 10.0. The van der Waals surface area contributed by atoms with Crippen molar-refractivity contribution in [2.45, 2.75) is 32.6 Å². The first-order valence-corrected chi connectivity index (χ1v) is 11.3. The Morgan fingerprint density at radius 3 is 2.03 bits per heavy atom. The first-order chi connectivity index (χ1) is 13.7. The number of rotatable bonds is 5. The molecular weight excluding hydrogens is 386 g/mol. The first kappa shape index (κ1) is 21.3. The molecule has 7 heteroatoms. The van der Waals surface area contributed by atoms with E-state index in [0.29, 0.717) is 13.1 Å². The van der Waals surface area contributed by atoms with Crippen molar-refractivity contribution in [1.29, 1.82) is 0 Å². The Labute approximate surface area is 173 Å². The molecule has 0 spiro atoms. The van der Waals surface area contributed by atoms with Gasteiger partial charge in [0, 0.05) is 31.9 Å². The molecule has 1 saturated heterocycles. The number of benzene rings is 2. The number of aryl methyl sites for hydroxylation is 2. The van der Waals surface area contributed by atoms with Gasteiger partial charge in [-0.25, -0.2) is 13.1 Å². The number of anilines is 1. The van der Waals surface area contributed by atoms with Gasteiger partial charge in [-0.05, 0) is 62.1 Å². The van der Waals surface area contributed by atoms with Gasteiger partial charge >= 0.3 is 0 Å². The van der Waals surface area contributed by atoms with Crippen LogP contribution in [0.2, 0.25) is 0 Å². The molecule has 0 bridgehead atoms. The average molecular weight is 416 g/mol. The maximum Gasteiger partial charge on any atom is 0.241 e. The van der Waals surface area contributed by atoms with Gasteiger partial charge in [-0.1, -0.05) is 24.3 Å². The monoisotopic (exact) mass is 415 g/mol. The van der Waals surface area contributed by atoms with Crippen LogP contribution in [0, 0.1) is 27.7 Å². The topological polar surface area (TPSA) is 69.7 Å². The number of para-hydroxylation sites is 1. The maximum absolute atomic E-state index is 12.9. The molecule has 1 heterocycles. The van der Waals surface area contributed by atoms with Gasteiger partial charge < -0.3 is 9.80 Å². The van der Waals surface area contributed by atoms with Crippen LogP contribution < -0.4 is 9.62 Å². The molecule has 156 valence electrons. The van der Waals surface area contributed by atoms with E-state index in [-0.39, 0.29) is 17.3 Å². The molecule has 6 nitrogen and oxygen atoms in total. The third-order valence-electron chi connectivity index (χ3n) is 5.73. The fourth-order valence-electron chi connectivity index (χ4n) is 3.78. The van der Waals surface area contributed by atoms with Crippen LogP contribution in [0.4, 0.5) is 5.69 Å². The first-order valence-electron chi connectivity index (χ1n) is 9.85. The van der Waals surface area contributed by atoms with Gasteiger partial charge in [0.1, 0.15) is 0 Å². The number of nitrogens with zero attached hydrogens (tertiary/aromatic N) is 2. The van der Waals surface area contributed by atoms with Crippen molar-refractivity contribution in [3.05, 3.63) is 58.7 Å². The molecule has 29 heavy (non-hydrogen) atoms. The minimum absolute atomic E-state index is 0.194. The third kappa shape index (κ3) is 4.62. The smallest absolute Gasteiger partial charge is 0.241 e. The molecule has 0 atom stereocenters. The summed E-state index contributed by atoms with van der Waals surface area (Å²) in [6, 6.07) is 12.1. The summed E-state index contributed by atoms with van der Waals surface area (Å²) in [6.45, 7) is 9.82. The minimum Gasteiger partial charge on any atom is -0.368 e. The lowest BCUT2D eigenvalue weighted by Gasteiger charge is -2.36. The van der Waals surface area contributed by atoms with Crippen molar-refractivity contribution in [2.24, 2.45) is 0 Å². The van der Waals surface area contributed by atoms with Crippen molar-refractivity contribution in [2.75, 3.05) is 37.6 Å². The molecule has 0 saturated carbocycles. The number of amides is 1. The molecule has 3 rings (SSSR count). The molecule has 2 aromatic carbocycles. The fourth-order valence-corrected chi connectivity index (χ4v) is 5.36. The van der Waals surface area contributed by atoms with E-state index in [2.05, 4.69) is 21.8 Å². The van der Waals surface area contributed by atoms with E-state index < -0.39 is 10.0 Å². The lowest BCUT2D eigenvalue weighted by Crippen LogP contribution is -2.51. The van der Waals surface area contributed by atoms with E-state index in [9.17, 15) is 13.2 Å². The van der Waals surface area contributed by atoms with Crippen molar-refractivity contribution < 1.29 is 13.2 Å². The zero-order valence-electron chi connectivity index (χ0n) is 17.5. The highest BCUT2D eigenvalue weighted by molar-refractivity contribution is 7.89. The zero-order valence-corrected chi connectivity index (χ0v) is 18.3. The van der Waals surface area contributed by atoms with Crippen molar-refractivity contribution in [3.8, 4) is 0 Å². The Balaban J connectivity index is 1.63. The summed E-state index contributed by atoms with van der Waals surface area (Å²) in [5.41, 5.74) is 4.45. The fraction of sp³-hybridized carbons (Fsp3) is 0.409. The molecular formula is C22H29N3O3S. The van der Waals surface area contributed by atoms with Gasteiger partial charge in [-0.15, -0.1) is 0 Å². The largest absolute Gasteiger partial charge is 0.368 e.